The van der Waals surface area contributed by atoms with Gasteiger partial charge in [-0.05, 0) is 37.3 Å². The summed E-state index contributed by atoms with van der Waals surface area (Å²) >= 11 is 1.39. The van der Waals surface area contributed by atoms with Crippen LogP contribution in [0.4, 0.5) is 5.00 Å². The number of hydrogen-bond acceptors (Lipinski definition) is 6. The molecule has 8 heteroatoms. The van der Waals surface area contributed by atoms with Crippen LogP contribution in [0.3, 0.4) is 0 Å². The van der Waals surface area contributed by atoms with Crippen molar-refractivity contribution in [3.05, 3.63) is 52.0 Å². The molecule has 150 valence electrons. The van der Waals surface area contributed by atoms with Gasteiger partial charge in [0.2, 0.25) is 0 Å². The highest BCUT2D eigenvalue weighted by molar-refractivity contribution is 7.17. The van der Waals surface area contributed by atoms with Crippen molar-refractivity contribution in [1.29, 1.82) is 0 Å². The molecule has 0 aliphatic heterocycles. The Morgan fingerprint density at radius 1 is 1.14 bits per heavy atom. The number of thiophene rings is 1. The molecule has 1 amide bonds. The highest BCUT2D eigenvalue weighted by Crippen LogP contribution is 2.38. The van der Waals surface area contributed by atoms with Crippen molar-refractivity contribution in [2.24, 2.45) is 0 Å². The number of para-hydroxylation sites is 1. The third-order valence-electron chi connectivity index (χ3n) is 4.96. The topological polar surface area (TPSA) is 97.5 Å². The molecule has 2 aromatic heterocycles. The Balaban J connectivity index is 1.45. The Morgan fingerprint density at radius 2 is 1.93 bits per heavy atom. The molecule has 0 unspecified atom stereocenters. The van der Waals surface area contributed by atoms with E-state index < -0.39 is 24.5 Å². The average molecular weight is 412 g/mol. The molecule has 4 rings (SSSR count). The first kappa shape index (κ1) is 19.2. The number of ether oxygens (including phenoxy) is 2. The Labute approximate surface area is 171 Å². The summed E-state index contributed by atoms with van der Waals surface area (Å²) in [7, 11) is 1.32. The molecule has 0 spiro atoms. The van der Waals surface area contributed by atoms with E-state index in [2.05, 4.69) is 10.3 Å². The number of H-pyrrole nitrogens is 1. The summed E-state index contributed by atoms with van der Waals surface area (Å²) < 4.78 is 10.1. The van der Waals surface area contributed by atoms with E-state index in [0.717, 1.165) is 47.0 Å². The Kier molecular flexibility index (Phi) is 5.35. The fourth-order valence-electron chi connectivity index (χ4n) is 3.58. The molecule has 0 saturated carbocycles. The maximum Gasteiger partial charge on any atom is 0.341 e. The molecule has 0 saturated heterocycles. The number of carbonyl (C=O) groups excluding carboxylic acids is 3. The van der Waals surface area contributed by atoms with Gasteiger partial charge in [0, 0.05) is 22.0 Å². The first-order valence-electron chi connectivity index (χ1n) is 9.34. The van der Waals surface area contributed by atoms with Crippen LogP contribution in [0, 0.1) is 0 Å². The van der Waals surface area contributed by atoms with Gasteiger partial charge in [-0.25, -0.2) is 9.59 Å². The van der Waals surface area contributed by atoms with Gasteiger partial charge in [-0.3, -0.25) is 4.79 Å². The number of aromatic amines is 1. The van der Waals surface area contributed by atoms with E-state index in [-0.39, 0.29) is 0 Å². The van der Waals surface area contributed by atoms with E-state index in [9.17, 15) is 14.4 Å². The number of hydrogen-bond donors (Lipinski definition) is 2. The largest absolute Gasteiger partial charge is 0.465 e. The molecular weight excluding hydrogens is 392 g/mol. The fraction of sp³-hybridized carbons (Fsp3) is 0.286. The van der Waals surface area contributed by atoms with Crippen LogP contribution < -0.4 is 5.32 Å². The highest BCUT2D eigenvalue weighted by Gasteiger charge is 2.27. The first-order chi connectivity index (χ1) is 14.1. The zero-order valence-corrected chi connectivity index (χ0v) is 16.7. The quantitative estimate of drug-likeness (QED) is 0.623. The number of esters is 2. The summed E-state index contributed by atoms with van der Waals surface area (Å²) in [4.78, 5) is 41.1. The van der Waals surface area contributed by atoms with Crippen molar-refractivity contribution < 1.29 is 23.9 Å². The number of nitrogens with one attached hydrogen (secondary N) is 2. The number of carbonyl (C=O) groups is 3. The summed E-state index contributed by atoms with van der Waals surface area (Å²) in [5.74, 6) is -1.55. The molecule has 2 heterocycles. The third-order valence-corrected chi connectivity index (χ3v) is 6.16. The van der Waals surface area contributed by atoms with Crippen molar-refractivity contribution in [3.8, 4) is 0 Å². The lowest BCUT2D eigenvalue weighted by molar-refractivity contribution is -0.119. The molecule has 0 atom stereocenters. The van der Waals surface area contributed by atoms with Crippen LogP contribution in [-0.2, 0) is 27.1 Å². The van der Waals surface area contributed by atoms with E-state index in [0.29, 0.717) is 16.1 Å². The van der Waals surface area contributed by atoms with Gasteiger partial charge in [0.1, 0.15) is 5.00 Å². The Morgan fingerprint density at radius 3 is 2.76 bits per heavy atom. The molecule has 1 aromatic carbocycles. The maximum atomic E-state index is 12.4. The van der Waals surface area contributed by atoms with Gasteiger partial charge in [0.15, 0.2) is 6.61 Å². The Bertz CT molecular complexity index is 1100. The van der Waals surface area contributed by atoms with Gasteiger partial charge in [0.25, 0.3) is 5.91 Å². The second-order valence-electron chi connectivity index (χ2n) is 6.78. The van der Waals surface area contributed by atoms with Crippen LogP contribution >= 0.6 is 11.3 Å². The second kappa shape index (κ2) is 8.08. The van der Waals surface area contributed by atoms with Crippen molar-refractivity contribution in [2.45, 2.75) is 25.7 Å². The van der Waals surface area contributed by atoms with Gasteiger partial charge in [-0.2, -0.15) is 0 Å². The normalized spacial score (nSPS) is 13.0. The van der Waals surface area contributed by atoms with Crippen LogP contribution in [0.25, 0.3) is 10.9 Å². The number of methoxy groups -OCH3 is 1. The van der Waals surface area contributed by atoms with Crippen molar-refractivity contribution in [1.82, 2.24) is 4.98 Å². The molecule has 1 aliphatic rings. The molecule has 2 N–H and O–H groups in total. The summed E-state index contributed by atoms with van der Waals surface area (Å²) in [6.07, 6.45) is 5.30. The molecule has 29 heavy (non-hydrogen) atoms. The third kappa shape index (κ3) is 3.75. The maximum absolute atomic E-state index is 12.4. The van der Waals surface area contributed by atoms with Gasteiger partial charge in [-0.15, -0.1) is 11.3 Å². The van der Waals surface area contributed by atoms with E-state index in [4.69, 9.17) is 9.47 Å². The predicted molar refractivity (Wildman–Crippen MR) is 110 cm³/mol. The predicted octanol–water partition coefficient (Wildman–Crippen LogP) is 3.69. The monoisotopic (exact) mass is 412 g/mol. The average Bonchev–Trinajstić information content (AvgIpc) is 3.32. The zero-order chi connectivity index (χ0) is 20.4. The molecule has 7 nitrogen and oxygen atoms in total. The zero-order valence-electron chi connectivity index (χ0n) is 15.9. The van der Waals surface area contributed by atoms with E-state index in [1.807, 2.05) is 18.2 Å². The minimum atomic E-state index is -0.587. The van der Waals surface area contributed by atoms with Crippen molar-refractivity contribution >= 4 is 45.1 Å². The SMILES string of the molecule is COC(=O)c1c(NC(=O)COC(=O)c2c[nH]c3ccccc23)sc2c1CCCC2. The number of rotatable bonds is 5. The van der Waals surface area contributed by atoms with Gasteiger partial charge < -0.3 is 19.8 Å². The lowest BCUT2D eigenvalue weighted by Gasteiger charge is -2.11. The van der Waals surface area contributed by atoms with Gasteiger partial charge >= 0.3 is 11.9 Å². The highest BCUT2D eigenvalue weighted by atomic mass is 32.1. The van der Waals surface area contributed by atoms with E-state index >= 15 is 0 Å². The summed E-state index contributed by atoms with van der Waals surface area (Å²) in [5, 5.41) is 3.90. The van der Waals surface area contributed by atoms with E-state index in [1.54, 1.807) is 12.3 Å². The lowest BCUT2D eigenvalue weighted by atomic mass is 9.95. The number of aromatic nitrogens is 1. The minimum Gasteiger partial charge on any atom is -0.465 e. The van der Waals surface area contributed by atoms with Crippen LogP contribution in [0.1, 0.15) is 44.0 Å². The number of amides is 1. The van der Waals surface area contributed by atoms with E-state index in [1.165, 1.54) is 18.4 Å². The number of aryl methyl sites for hydroxylation is 1. The summed E-state index contributed by atoms with van der Waals surface area (Å²) in [6, 6.07) is 7.35. The molecule has 0 bridgehead atoms. The molecule has 0 fully saturated rings. The smallest absolute Gasteiger partial charge is 0.341 e. The number of anilines is 1. The molecular formula is C21H20N2O5S. The minimum absolute atomic E-state index is 0.371. The van der Waals surface area contributed by atoms with Crippen LogP contribution in [0.15, 0.2) is 30.5 Å². The van der Waals surface area contributed by atoms with Gasteiger partial charge in [0.05, 0.1) is 18.2 Å². The van der Waals surface area contributed by atoms with Crippen LogP contribution in [0.2, 0.25) is 0 Å². The standard InChI is InChI=1S/C21H20N2O5S/c1-27-21(26)18-13-7-3-5-9-16(13)29-19(18)23-17(24)11-28-20(25)14-10-22-15-8-4-2-6-12(14)15/h2,4,6,8,10,22H,3,5,7,9,11H2,1H3,(H,23,24). The second-order valence-corrected chi connectivity index (χ2v) is 7.88. The number of fused-ring (bicyclic) bond motifs is 2. The molecule has 3 aromatic rings. The van der Waals surface area contributed by atoms with Crippen molar-refractivity contribution in [3.63, 3.8) is 0 Å². The van der Waals surface area contributed by atoms with Crippen LogP contribution in [-0.4, -0.2) is 36.5 Å². The lowest BCUT2D eigenvalue weighted by Crippen LogP contribution is -2.21. The first-order valence-corrected chi connectivity index (χ1v) is 10.2. The fourth-order valence-corrected chi connectivity index (χ4v) is 4.88. The summed E-state index contributed by atoms with van der Waals surface area (Å²) in [5.41, 5.74) is 2.56. The molecule has 1 aliphatic carbocycles. The van der Waals surface area contributed by atoms with Crippen molar-refractivity contribution in [2.75, 3.05) is 19.0 Å². The molecule has 0 radical (unpaired) electrons. The Hall–Kier alpha value is -3.13. The summed E-state index contributed by atoms with van der Waals surface area (Å²) in [6.45, 7) is -0.443. The van der Waals surface area contributed by atoms with Crippen LogP contribution in [0.5, 0.6) is 0 Å². The number of benzene rings is 1. The van der Waals surface area contributed by atoms with Gasteiger partial charge in [-0.1, -0.05) is 18.2 Å².